The van der Waals surface area contributed by atoms with E-state index < -0.39 is 32.9 Å². The third kappa shape index (κ3) is 7.36. The standard InChI is InChI=1S/C14H21F2NO2S.2C2H6/c1-13(2,3)20(19)17-14(4,8-9-18)10-6-5-7-11(15)12(10)16;2*1-2/h5-7,17-18H,8-9H2,1-4H3;2*1-2H3/t14-,20?;;/m0../s1. The summed E-state index contributed by atoms with van der Waals surface area (Å²) in [7, 11) is -1.47. The van der Waals surface area contributed by atoms with Crippen LogP contribution in [0.5, 0.6) is 0 Å². The van der Waals surface area contributed by atoms with Crippen LogP contribution in [0.1, 0.15) is 67.4 Å². The molecule has 0 amide bonds. The van der Waals surface area contributed by atoms with Crippen LogP contribution in [0.15, 0.2) is 18.2 Å². The molecule has 1 rings (SSSR count). The quantitative estimate of drug-likeness (QED) is 0.797. The maximum absolute atomic E-state index is 14.0. The molecule has 0 heterocycles. The van der Waals surface area contributed by atoms with E-state index in [0.29, 0.717) is 0 Å². The van der Waals surface area contributed by atoms with Crippen LogP contribution in [0, 0.1) is 11.6 Å². The Labute approximate surface area is 148 Å². The minimum Gasteiger partial charge on any atom is -0.396 e. The zero-order valence-corrected chi connectivity index (χ0v) is 17.0. The molecule has 0 saturated heterocycles. The maximum Gasteiger partial charge on any atom is 0.163 e. The second-order valence-corrected chi connectivity index (χ2v) is 7.86. The van der Waals surface area contributed by atoms with Crippen LogP contribution < -0.4 is 4.72 Å². The molecule has 1 unspecified atom stereocenters. The fraction of sp³-hybridized carbons (Fsp3) is 0.667. The number of nitrogens with one attached hydrogen (secondary N) is 1. The van der Waals surface area contributed by atoms with Gasteiger partial charge in [0.25, 0.3) is 0 Å². The molecule has 0 aliphatic carbocycles. The van der Waals surface area contributed by atoms with Crippen molar-refractivity contribution in [3.63, 3.8) is 0 Å². The van der Waals surface area contributed by atoms with E-state index in [-0.39, 0.29) is 18.6 Å². The Balaban J connectivity index is 0. The van der Waals surface area contributed by atoms with E-state index in [1.54, 1.807) is 27.7 Å². The SMILES string of the molecule is CC.CC.CC(C)(C)S(=O)N[C@@](C)(CCO)c1cccc(F)c1F. The largest absolute Gasteiger partial charge is 0.396 e. The summed E-state index contributed by atoms with van der Waals surface area (Å²) in [6.07, 6.45) is 0.120. The molecule has 0 fully saturated rings. The first kappa shape index (κ1) is 25.4. The summed E-state index contributed by atoms with van der Waals surface area (Å²) in [5.41, 5.74) is -1.05. The average Bonchev–Trinajstić information content (AvgIpc) is 2.53. The molecule has 1 aromatic rings. The van der Waals surface area contributed by atoms with Crippen LogP contribution in [0.3, 0.4) is 0 Å². The van der Waals surface area contributed by atoms with Gasteiger partial charge in [-0.2, -0.15) is 0 Å². The number of hydrogen-bond donors (Lipinski definition) is 2. The van der Waals surface area contributed by atoms with Gasteiger partial charge in [0.15, 0.2) is 11.6 Å². The Morgan fingerprint density at radius 3 is 2.00 bits per heavy atom. The Kier molecular flexibility index (Phi) is 12.3. The first-order chi connectivity index (χ1) is 11.1. The van der Waals surface area contributed by atoms with E-state index in [1.165, 1.54) is 12.1 Å². The average molecular weight is 366 g/mol. The number of aliphatic hydroxyl groups is 1. The topological polar surface area (TPSA) is 49.3 Å². The lowest BCUT2D eigenvalue weighted by Gasteiger charge is -2.33. The van der Waals surface area contributed by atoms with E-state index in [2.05, 4.69) is 4.72 Å². The second-order valence-electron chi connectivity index (χ2n) is 5.89. The van der Waals surface area contributed by atoms with Gasteiger partial charge in [-0.05, 0) is 40.2 Å². The number of aliphatic hydroxyl groups excluding tert-OH is 1. The van der Waals surface area contributed by atoms with E-state index in [1.807, 2.05) is 27.7 Å². The highest BCUT2D eigenvalue weighted by Crippen LogP contribution is 2.29. The van der Waals surface area contributed by atoms with Gasteiger partial charge in [0, 0.05) is 12.2 Å². The summed E-state index contributed by atoms with van der Waals surface area (Å²) in [6, 6.07) is 3.85. The summed E-state index contributed by atoms with van der Waals surface area (Å²) in [6.45, 7) is 14.7. The molecule has 24 heavy (non-hydrogen) atoms. The van der Waals surface area contributed by atoms with Gasteiger partial charge in [-0.25, -0.2) is 17.7 Å². The van der Waals surface area contributed by atoms with Crippen molar-refractivity contribution < 1.29 is 18.1 Å². The lowest BCUT2D eigenvalue weighted by Crippen LogP contribution is -2.47. The Morgan fingerprint density at radius 2 is 1.58 bits per heavy atom. The minimum absolute atomic E-state index is 0.0594. The maximum atomic E-state index is 14.0. The van der Waals surface area contributed by atoms with Crippen molar-refractivity contribution in [1.82, 2.24) is 4.72 Å². The highest BCUT2D eigenvalue weighted by Gasteiger charge is 2.34. The van der Waals surface area contributed by atoms with Crippen molar-refractivity contribution in [2.24, 2.45) is 0 Å². The van der Waals surface area contributed by atoms with Crippen LogP contribution in [0.4, 0.5) is 8.78 Å². The second kappa shape index (κ2) is 11.7. The van der Waals surface area contributed by atoms with Crippen molar-refractivity contribution >= 4 is 11.0 Å². The minimum atomic E-state index is -1.47. The van der Waals surface area contributed by atoms with Gasteiger partial charge in [0.05, 0.1) is 21.3 Å². The molecular weight excluding hydrogens is 332 g/mol. The molecule has 0 bridgehead atoms. The Hall–Kier alpha value is -0.850. The zero-order valence-electron chi connectivity index (χ0n) is 16.2. The molecule has 0 aliphatic rings. The van der Waals surface area contributed by atoms with Gasteiger partial charge in [-0.1, -0.05) is 39.8 Å². The van der Waals surface area contributed by atoms with Crippen molar-refractivity contribution in [1.29, 1.82) is 0 Å². The molecule has 0 saturated carbocycles. The smallest absolute Gasteiger partial charge is 0.163 e. The van der Waals surface area contributed by atoms with Crippen LogP contribution in [0.2, 0.25) is 0 Å². The zero-order chi connectivity index (χ0) is 19.6. The molecule has 0 aliphatic heterocycles. The molecule has 2 N–H and O–H groups in total. The van der Waals surface area contributed by atoms with Crippen LogP contribution in [0.25, 0.3) is 0 Å². The van der Waals surface area contributed by atoms with Crippen molar-refractivity contribution in [2.45, 2.75) is 72.1 Å². The molecule has 0 aromatic heterocycles. The fourth-order valence-corrected chi connectivity index (χ4v) is 2.68. The van der Waals surface area contributed by atoms with Crippen LogP contribution >= 0.6 is 0 Å². The van der Waals surface area contributed by atoms with E-state index in [9.17, 15) is 18.1 Å². The molecular formula is C18H33F2NO2S. The Bertz CT molecular complexity index is 504. The van der Waals surface area contributed by atoms with Gasteiger partial charge in [-0.15, -0.1) is 0 Å². The first-order valence-corrected chi connectivity index (χ1v) is 9.52. The number of hydrogen-bond acceptors (Lipinski definition) is 2. The predicted octanol–water partition coefficient (Wildman–Crippen LogP) is 4.67. The lowest BCUT2D eigenvalue weighted by molar-refractivity contribution is 0.234. The molecule has 6 heteroatoms. The number of rotatable bonds is 5. The van der Waals surface area contributed by atoms with Gasteiger partial charge in [0.2, 0.25) is 0 Å². The third-order valence-corrected chi connectivity index (χ3v) is 4.78. The predicted molar refractivity (Wildman–Crippen MR) is 99.1 cm³/mol. The van der Waals surface area contributed by atoms with E-state index in [0.717, 1.165) is 6.07 Å². The monoisotopic (exact) mass is 365 g/mol. The van der Waals surface area contributed by atoms with Crippen LogP contribution in [-0.4, -0.2) is 20.7 Å². The summed E-state index contributed by atoms with van der Waals surface area (Å²) in [4.78, 5) is 0. The molecule has 142 valence electrons. The van der Waals surface area contributed by atoms with Gasteiger partial charge in [0.1, 0.15) is 0 Å². The summed E-state index contributed by atoms with van der Waals surface area (Å²) < 4.78 is 41.8. The van der Waals surface area contributed by atoms with Gasteiger partial charge in [-0.3, -0.25) is 0 Å². The molecule has 0 radical (unpaired) electrons. The fourth-order valence-electron chi connectivity index (χ4n) is 1.75. The first-order valence-electron chi connectivity index (χ1n) is 8.37. The number of benzene rings is 1. The third-order valence-electron chi connectivity index (χ3n) is 3.03. The highest BCUT2D eigenvalue weighted by molar-refractivity contribution is 7.84. The summed E-state index contributed by atoms with van der Waals surface area (Å²) in [5.74, 6) is -1.95. The molecule has 3 nitrogen and oxygen atoms in total. The molecule has 0 spiro atoms. The molecule has 1 aromatic carbocycles. The van der Waals surface area contributed by atoms with E-state index in [4.69, 9.17) is 0 Å². The van der Waals surface area contributed by atoms with Crippen molar-refractivity contribution in [3.05, 3.63) is 35.4 Å². The lowest BCUT2D eigenvalue weighted by atomic mass is 9.89. The Morgan fingerprint density at radius 1 is 1.08 bits per heavy atom. The van der Waals surface area contributed by atoms with E-state index >= 15 is 0 Å². The number of halogens is 2. The molecule has 2 atom stereocenters. The van der Waals surface area contributed by atoms with Gasteiger partial charge < -0.3 is 5.11 Å². The summed E-state index contributed by atoms with van der Waals surface area (Å²) in [5, 5.41) is 9.18. The van der Waals surface area contributed by atoms with Crippen LogP contribution in [-0.2, 0) is 16.5 Å². The van der Waals surface area contributed by atoms with Crippen molar-refractivity contribution in [2.75, 3.05) is 6.61 Å². The normalized spacial score (nSPS) is 14.5. The van der Waals surface area contributed by atoms with Crippen molar-refractivity contribution in [3.8, 4) is 0 Å². The highest BCUT2D eigenvalue weighted by atomic mass is 32.2. The van der Waals surface area contributed by atoms with Gasteiger partial charge >= 0.3 is 0 Å². The summed E-state index contributed by atoms with van der Waals surface area (Å²) >= 11 is 0.